The van der Waals surface area contributed by atoms with E-state index >= 15 is 0 Å². The molecule has 1 heterocycles. The zero-order valence-electron chi connectivity index (χ0n) is 11.7. The van der Waals surface area contributed by atoms with Crippen LogP contribution in [0, 0.1) is 6.92 Å². The van der Waals surface area contributed by atoms with Crippen LogP contribution in [0.2, 0.25) is 5.15 Å². The van der Waals surface area contributed by atoms with Gasteiger partial charge in [0.2, 0.25) is 0 Å². The van der Waals surface area contributed by atoms with Crippen molar-refractivity contribution in [3.8, 4) is 0 Å². The molecule has 1 atom stereocenters. The number of hydrogen-bond donors (Lipinski definition) is 2. The molecule has 1 aromatic heterocycles. The van der Waals surface area contributed by atoms with Gasteiger partial charge in [0.1, 0.15) is 10.8 Å². The number of carbonyl (C=O) groups excluding carboxylic acids is 1. The van der Waals surface area contributed by atoms with Crippen LogP contribution in [0.5, 0.6) is 0 Å². The molecule has 0 saturated carbocycles. The lowest BCUT2D eigenvalue weighted by molar-refractivity contribution is 0.0524. The highest BCUT2D eigenvalue weighted by Crippen LogP contribution is 2.15. The molecule has 106 valence electrons. The molecule has 19 heavy (non-hydrogen) atoms. The molecule has 3 N–H and O–H groups in total. The van der Waals surface area contributed by atoms with Crippen LogP contribution in [-0.4, -0.2) is 23.2 Å². The fraction of sp³-hybridized carbons (Fsp3) is 0.538. The first-order valence-corrected chi connectivity index (χ1v) is 6.42. The maximum Gasteiger partial charge on any atom is 0.407 e. The first kappa shape index (κ1) is 15.7. The summed E-state index contributed by atoms with van der Waals surface area (Å²) in [5.74, 6) is 0. The molecule has 1 rings (SSSR count). The van der Waals surface area contributed by atoms with Gasteiger partial charge in [0.05, 0.1) is 0 Å². The van der Waals surface area contributed by atoms with Crippen molar-refractivity contribution < 1.29 is 9.53 Å². The van der Waals surface area contributed by atoms with E-state index in [1.165, 1.54) is 0 Å². The number of rotatable bonds is 3. The number of pyridine rings is 1. The fourth-order valence-corrected chi connectivity index (χ4v) is 1.75. The Bertz CT molecular complexity index is 437. The number of nitrogens with one attached hydrogen (secondary N) is 1. The quantitative estimate of drug-likeness (QED) is 0.837. The largest absolute Gasteiger partial charge is 0.444 e. The van der Waals surface area contributed by atoms with Crippen LogP contribution < -0.4 is 11.1 Å². The van der Waals surface area contributed by atoms with Crippen molar-refractivity contribution in [2.75, 3.05) is 6.54 Å². The lowest BCUT2D eigenvalue weighted by Crippen LogP contribution is -2.36. The van der Waals surface area contributed by atoms with Crippen molar-refractivity contribution in [3.63, 3.8) is 0 Å². The number of nitrogens with zero attached hydrogens (tertiary/aromatic N) is 1. The van der Waals surface area contributed by atoms with E-state index in [2.05, 4.69) is 10.3 Å². The Morgan fingerprint density at radius 1 is 1.53 bits per heavy atom. The average Bonchev–Trinajstić information content (AvgIpc) is 2.22. The topological polar surface area (TPSA) is 77.2 Å². The van der Waals surface area contributed by atoms with E-state index in [0.29, 0.717) is 5.15 Å². The minimum absolute atomic E-state index is 0.273. The summed E-state index contributed by atoms with van der Waals surface area (Å²) in [6, 6.07) is 3.18. The Labute approximate surface area is 118 Å². The maximum atomic E-state index is 11.5. The molecule has 0 aromatic carbocycles. The lowest BCUT2D eigenvalue weighted by Gasteiger charge is -2.21. The first-order chi connectivity index (χ1) is 8.67. The van der Waals surface area contributed by atoms with Crippen LogP contribution in [-0.2, 0) is 4.74 Å². The summed E-state index contributed by atoms with van der Waals surface area (Å²) in [7, 11) is 0. The highest BCUT2D eigenvalue weighted by Gasteiger charge is 2.17. The van der Waals surface area contributed by atoms with Crippen molar-refractivity contribution in [1.82, 2.24) is 10.3 Å². The van der Waals surface area contributed by atoms with Crippen LogP contribution in [0.25, 0.3) is 0 Å². The molecule has 0 spiro atoms. The summed E-state index contributed by atoms with van der Waals surface area (Å²) >= 11 is 5.87. The zero-order valence-corrected chi connectivity index (χ0v) is 12.4. The van der Waals surface area contributed by atoms with E-state index < -0.39 is 11.7 Å². The molecule has 1 amide bonds. The van der Waals surface area contributed by atoms with Gasteiger partial charge in [-0.25, -0.2) is 9.78 Å². The number of carbonyl (C=O) groups is 1. The summed E-state index contributed by atoms with van der Waals surface area (Å²) in [5, 5.41) is 3.02. The summed E-state index contributed by atoms with van der Waals surface area (Å²) in [5.41, 5.74) is 7.08. The molecule has 0 fully saturated rings. The van der Waals surface area contributed by atoms with Gasteiger partial charge >= 0.3 is 6.09 Å². The Hall–Kier alpha value is -1.33. The van der Waals surface area contributed by atoms with E-state index in [1.807, 2.05) is 13.0 Å². The Kier molecular flexibility index (Phi) is 5.14. The Morgan fingerprint density at radius 2 is 2.16 bits per heavy atom. The van der Waals surface area contributed by atoms with Gasteiger partial charge in [-0.3, -0.25) is 0 Å². The SMILES string of the molecule is Cc1cc(C(N)CNC(=O)OC(C)(C)C)cc(Cl)n1. The van der Waals surface area contributed by atoms with E-state index in [9.17, 15) is 4.79 Å². The van der Waals surface area contributed by atoms with Crippen LogP contribution >= 0.6 is 11.6 Å². The summed E-state index contributed by atoms with van der Waals surface area (Å²) in [6.07, 6.45) is -0.486. The number of nitrogens with two attached hydrogens (primary N) is 1. The van der Waals surface area contributed by atoms with E-state index in [-0.39, 0.29) is 12.6 Å². The second-order valence-corrected chi connectivity index (χ2v) is 5.74. The van der Waals surface area contributed by atoms with Crippen molar-refractivity contribution in [2.24, 2.45) is 5.73 Å². The molecule has 0 aliphatic heterocycles. The minimum Gasteiger partial charge on any atom is -0.444 e. The number of hydrogen-bond acceptors (Lipinski definition) is 4. The predicted octanol–water partition coefficient (Wildman–Crippen LogP) is 2.57. The van der Waals surface area contributed by atoms with E-state index in [4.69, 9.17) is 22.1 Å². The lowest BCUT2D eigenvalue weighted by atomic mass is 10.1. The van der Waals surface area contributed by atoms with Crippen LogP contribution in [0.1, 0.15) is 38.1 Å². The zero-order chi connectivity index (χ0) is 14.6. The number of ether oxygens (including phenoxy) is 1. The van der Waals surface area contributed by atoms with Gasteiger partial charge in [-0.05, 0) is 45.4 Å². The smallest absolute Gasteiger partial charge is 0.407 e. The molecule has 1 unspecified atom stereocenters. The van der Waals surface area contributed by atoms with Gasteiger partial charge in [-0.15, -0.1) is 0 Å². The Balaban J connectivity index is 2.56. The molecule has 1 aromatic rings. The van der Waals surface area contributed by atoms with Crippen molar-refractivity contribution in [3.05, 3.63) is 28.5 Å². The number of alkyl carbamates (subject to hydrolysis) is 1. The molecular formula is C13H20ClN3O2. The molecular weight excluding hydrogens is 266 g/mol. The number of amides is 1. The highest BCUT2D eigenvalue weighted by molar-refractivity contribution is 6.29. The third-order valence-electron chi connectivity index (χ3n) is 2.24. The summed E-state index contributed by atoms with van der Waals surface area (Å²) in [6.45, 7) is 7.52. The normalized spacial score (nSPS) is 12.9. The van der Waals surface area contributed by atoms with Crippen LogP contribution in [0.15, 0.2) is 12.1 Å². The van der Waals surface area contributed by atoms with E-state index in [1.54, 1.807) is 26.8 Å². The summed E-state index contributed by atoms with van der Waals surface area (Å²) in [4.78, 5) is 15.6. The van der Waals surface area contributed by atoms with Gasteiger partial charge in [0.25, 0.3) is 0 Å². The monoisotopic (exact) mass is 285 g/mol. The van der Waals surface area contributed by atoms with Gasteiger partial charge in [-0.2, -0.15) is 0 Å². The van der Waals surface area contributed by atoms with Gasteiger partial charge in [0, 0.05) is 18.3 Å². The van der Waals surface area contributed by atoms with E-state index in [0.717, 1.165) is 11.3 Å². The number of halogens is 1. The second-order valence-electron chi connectivity index (χ2n) is 5.35. The molecule has 0 aliphatic rings. The molecule has 0 saturated heterocycles. The third-order valence-corrected chi connectivity index (χ3v) is 2.43. The molecule has 0 radical (unpaired) electrons. The number of aryl methyl sites for hydroxylation is 1. The van der Waals surface area contributed by atoms with Crippen LogP contribution in [0.4, 0.5) is 4.79 Å². The van der Waals surface area contributed by atoms with Crippen molar-refractivity contribution in [2.45, 2.75) is 39.3 Å². The van der Waals surface area contributed by atoms with Crippen molar-refractivity contribution in [1.29, 1.82) is 0 Å². The minimum atomic E-state index is -0.523. The molecule has 0 aliphatic carbocycles. The van der Waals surface area contributed by atoms with Gasteiger partial charge in [-0.1, -0.05) is 11.6 Å². The molecule has 6 heteroatoms. The molecule has 0 bridgehead atoms. The number of aromatic nitrogens is 1. The van der Waals surface area contributed by atoms with Crippen LogP contribution in [0.3, 0.4) is 0 Å². The second kappa shape index (κ2) is 6.21. The van der Waals surface area contributed by atoms with Gasteiger partial charge < -0.3 is 15.8 Å². The third kappa shape index (κ3) is 5.89. The van der Waals surface area contributed by atoms with Crippen molar-refractivity contribution >= 4 is 17.7 Å². The standard InChI is InChI=1S/C13H20ClN3O2/c1-8-5-9(6-11(14)17-8)10(15)7-16-12(18)19-13(2,3)4/h5-6,10H,7,15H2,1-4H3,(H,16,18). The molecule has 5 nitrogen and oxygen atoms in total. The Morgan fingerprint density at radius 3 is 2.68 bits per heavy atom. The summed E-state index contributed by atoms with van der Waals surface area (Å²) < 4.78 is 5.13. The predicted molar refractivity (Wildman–Crippen MR) is 75.1 cm³/mol. The van der Waals surface area contributed by atoms with Gasteiger partial charge in [0.15, 0.2) is 0 Å². The highest BCUT2D eigenvalue weighted by atomic mass is 35.5. The maximum absolute atomic E-state index is 11.5. The fourth-order valence-electron chi connectivity index (χ4n) is 1.49. The average molecular weight is 286 g/mol. The first-order valence-electron chi connectivity index (χ1n) is 6.04.